The second-order valence-electron chi connectivity index (χ2n) is 3.40. The molecule has 1 aromatic heterocycles. The molecule has 17 heavy (non-hydrogen) atoms. The van der Waals surface area contributed by atoms with Crippen LogP contribution in [0.15, 0.2) is 22.7 Å². The van der Waals surface area contributed by atoms with Gasteiger partial charge in [-0.3, -0.25) is 0 Å². The van der Waals surface area contributed by atoms with Gasteiger partial charge in [0.2, 0.25) is 0 Å². The third-order valence-electron chi connectivity index (χ3n) is 2.24. The van der Waals surface area contributed by atoms with Crippen molar-refractivity contribution in [3.8, 4) is 17.2 Å². The lowest BCUT2D eigenvalue weighted by Crippen LogP contribution is -2.03. The van der Waals surface area contributed by atoms with Gasteiger partial charge < -0.3 is 15.0 Å². The van der Waals surface area contributed by atoms with E-state index in [4.69, 9.17) is 15.0 Å². The highest BCUT2D eigenvalue weighted by Gasteiger charge is 2.13. The van der Waals surface area contributed by atoms with Crippen molar-refractivity contribution in [2.45, 2.75) is 6.42 Å². The van der Waals surface area contributed by atoms with Crippen molar-refractivity contribution in [3.63, 3.8) is 0 Å². The van der Waals surface area contributed by atoms with E-state index in [9.17, 15) is 4.39 Å². The summed E-state index contributed by atoms with van der Waals surface area (Å²) in [5.41, 5.74) is 5.62. The molecular formula is C11H12FN3O2. The molecule has 0 saturated carbocycles. The number of halogens is 1. The summed E-state index contributed by atoms with van der Waals surface area (Å²) in [6.07, 6.45) is 0.501. The van der Waals surface area contributed by atoms with E-state index in [1.807, 2.05) is 0 Å². The van der Waals surface area contributed by atoms with Crippen LogP contribution in [0.1, 0.15) is 5.82 Å². The van der Waals surface area contributed by atoms with Crippen LogP contribution in [0.3, 0.4) is 0 Å². The lowest BCUT2D eigenvalue weighted by Gasteiger charge is -2.01. The summed E-state index contributed by atoms with van der Waals surface area (Å²) in [4.78, 5) is 4.05. The van der Waals surface area contributed by atoms with Crippen LogP contribution in [-0.2, 0) is 6.42 Å². The first-order valence-corrected chi connectivity index (χ1v) is 5.11. The number of nitrogens with zero attached hydrogens (tertiary/aromatic N) is 2. The number of methoxy groups -OCH3 is 1. The lowest BCUT2D eigenvalue weighted by atomic mass is 10.2. The van der Waals surface area contributed by atoms with E-state index in [1.165, 1.54) is 19.2 Å². The van der Waals surface area contributed by atoms with Gasteiger partial charge in [0.05, 0.1) is 12.7 Å². The lowest BCUT2D eigenvalue weighted by molar-refractivity contribution is 0.409. The van der Waals surface area contributed by atoms with Gasteiger partial charge >= 0.3 is 0 Å². The number of nitrogens with two attached hydrogens (primary N) is 1. The minimum absolute atomic E-state index is 0.147. The average molecular weight is 237 g/mol. The predicted octanol–water partition coefficient (Wildman–Crippen LogP) is 1.39. The maximum absolute atomic E-state index is 13.7. The molecule has 0 fully saturated rings. The molecule has 2 aromatic rings. The van der Waals surface area contributed by atoms with Gasteiger partial charge in [0.25, 0.3) is 5.89 Å². The summed E-state index contributed by atoms with van der Waals surface area (Å²) in [6.45, 7) is 0.421. The molecule has 0 radical (unpaired) electrons. The fourth-order valence-corrected chi connectivity index (χ4v) is 1.39. The first kappa shape index (κ1) is 11.5. The van der Waals surface area contributed by atoms with Crippen molar-refractivity contribution in [3.05, 3.63) is 29.8 Å². The normalized spacial score (nSPS) is 10.5. The van der Waals surface area contributed by atoms with Crippen molar-refractivity contribution < 1.29 is 13.7 Å². The maximum atomic E-state index is 13.7. The van der Waals surface area contributed by atoms with E-state index in [0.29, 0.717) is 24.5 Å². The largest absolute Gasteiger partial charge is 0.497 e. The van der Waals surface area contributed by atoms with Crippen LogP contribution in [0.2, 0.25) is 0 Å². The number of benzene rings is 1. The number of aromatic nitrogens is 2. The summed E-state index contributed by atoms with van der Waals surface area (Å²) in [6, 6.07) is 4.43. The van der Waals surface area contributed by atoms with Crippen molar-refractivity contribution >= 4 is 0 Å². The first-order valence-electron chi connectivity index (χ1n) is 5.11. The fraction of sp³-hybridized carbons (Fsp3) is 0.273. The summed E-state index contributed by atoms with van der Waals surface area (Å²) >= 11 is 0. The molecule has 0 aliphatic heterocycles. The first-order chi connectivity index (χ1) is 8.24. The molecule has 0 aliphatic carbocycles. The van der Waals surface area contributed by atoms with Crippen LogP contribution < -0.4 is 10.5 Å². The van der Waals surface area contributed by atoms with Gasteiger partial charge in [0, 0.05) is 12.5 Å². The standard InChI is InChI=1S/C11H12FN3O2/c1-16-7-2-3-8(9(12)6-7)11-14-10(4-5-13)15-17-11/h2-3,6H,4-5,13H2,1H3. The summed E-state index contributed by atoms with van der Waals surface area (Å²) < 4.78 is 23.6. The van der Waals surface area contributed by atoms with Crippen LogP contribution in [0.25, 0.3) is 11.5 Å². The molecular weight excluding hydrogens is 225 g/mol. The van der Waals surface area contributed by atoms with Gasteiger partial charge in [-0.15, -0.1) is 0 Å². The minimum Gasteiger partial charge on any atom is -0.497 e. The van der Waals surface area contributed by atoms with E-state index in [0.717, 1.165) is 0 Å². The zero-order valence-electron chi connectivity index (χ0n) is 9.31. The van der Waals surface area contributed by atoms with Crippen LogP contribution in [-0.4, -0.2) is 23.8 Å². The van der Waals surface area contributed by atoms with E-state index in [-0.39, 0.29) is 11.5 Å². The summed E-state index contributed by atoms with van der Waals surface area (Å²) in [5, 5.41) is 3.70. The fourth-order valence-electron chi connectivity index (χ4n) is 1.39. The molecule has 0 saturated heterocycles. The Morgan fingerprint density at radius 1 is 1.47 bits per heavy atom. The molecule has 0 aliphatic rings. The van der Waals surface area contributed by atoms with E-state index < -0.39 is 5.82 Å². The minimum atomic E-state index is -0.465. The Bertz CT molecular complexity index is 513. The molecule has 90 valence electrons. The zero-order chi connectivity index (χ0) is 12.3. The van der Waals surface area contributed by atoms with E-state index in [2.05, 4.69) is 10.1 Å². The van der Waals surface area contributed by atoms with Gasteiger partial charge in [-0.05, 0) is 18.7 Å². The smallest absolute Gasteiger partial charge is 0.260 e. The predicted molar refractivity (Wildman–Crippen MR) is 59.0 cm³/mol. The zero-order valence-corrected chi connectivity index (χ0v) is 9.31. The van der Waals surface area contributed by atoms with Gasteiger partial charge in [0.1, 0.15) is 11.6 Å². The highest BCUT2D eigenvalue weighted by molar-refractivity contribution is 5.55. The highest BCUT2D eigenvalue weighted by Crippen LogP contribution is 2.24. The molecule has 6 heteroatoms. The topological polar surface area (TPSA) is 74.2 Å². The molecule has 0 unspecified atom stereocenters. The SMILES string of the molecule is COc1ccc(-c2nc(CCN)no2)c(F)c1. The van der Waals surface area contributed by atoms with Crippen LogP contribution in [0.4, 0.5) is 4.39 Å². The van der Waals surface area contributed by atoms with Gasteiger partial charge in [-0.1, -0.05) is 5.16 Å². The third-order valence-corrected chi connectivity index (χ3v) is 2.24. The Hall–Kier alpha value is -1.95. The molecule has 0 atom stereocenters. The third kappa shape index (κ3) is 2.42. The van der Waals surface area contributed by atoms with Gasteiger partial charge in [-0.2, -0.15) is 4.98 Å². The molecule has 0 spiro atoms. The Balaban J connectivity index is 2.32. The van der Waals surface area contributed by atoms with Gasteiger partial charge in [-0.25, -0.2) is 4.39 Å². The van der Waals surface area contributed by atoms with Crippen molar-refractivity contribution in [2.24, 2.45) is 5.73 Å². The van der Waals surface area contributed by atoms with Crippen LogP contribution in [0.5, 0.6) is 5.75 Å². The monoisotopic (exact) mass is 237 g/mol. The number of hydrogen-bond acceptors (Lipinski definition) is 5. The molecule has 1 heterocycles. The number of ether oxygens (including phenoxy) is 1. The molecule has 0 amide bonds. The van der Waals surface area contributed by atoms with Crippen LogP contribution >= 0.6 is 0 Å². The Kier molecular flexibility index (Phi) is 3.34. The van der Waals surface area contributed by atoms with E-state index >= 15 is 0 Å². The Morgan fingerprint density at radius 3 is 2.94 bits per heavy atom. The quantitative estimate of drug-likeness (QED) is 0.869. The molecule has 5 nitrogen and oxygen atoms in total. The maximum Gasteiger partial charge on any atom is 0.260 e. The Labute approximate surface area is 97.4 Å². The van der Waals surface area contributed by atoms with Crippen molar-refractivity contribution in [2.75, 3.05) is 13.7 Å². The Morgan fingerprint density at radius 2 is 2.29 bits per heavy atom. The molecule has 0 bridgehead atoms. The summed E-state index contributed by atoms with van der Waals surface area (Å²) in [5.74, 6) is 0.589. The van der Waals surface area contributed by atoms with Crippen molar-refractivity contribution in [1.82, 2.24) is 10.1 Å². The van der Waals surface area contributed by atoms with Gasteiger partial charge in [0.15, 0.2) is 5.82 Å². The molecule has 1 aromatic carbocycles. The molecule has 2 rings (SSSR count). The van der Waals surface area contributed by atoms with Crippen LogP contribution in [0, 0.1) is 5.82 Å². The highest BCUT2D eigenvalue weighted by atomic mass is 19.1. The van der Waals surface area contributed by atoms with E-state index in [1.54, 1.807) is 6.07 Å². The molecule has 2 N–H and O–H groups in total. The van der Waals surface area contributed by atoms with Crippen molar-refractivity contribution in [1.29, 1.82) is 0 Å². The second kappa shape index (κ2) is 4.92. The number of hydrogen-bond donors (Lipinski definition) is 1. The number of rotatable bonds is 4. The summed E-state index contributed by atoms with van der Waals surface area (Å²) in [7, 11) is 1.47. The average Bonchev–Trinajstić information content (AvgIpc) is 2.78. The second-order valence-corrected chi connectivity index (χ2v) is 3.40.